The fourth-order valence-electron chi connectivity index (χ4n) is 3.67. The smallest absolute Gasteiger partial charge is 0.337 e. The quantitative estimate of drug-likeness (QED) is 0.583. The second kappa shape index (κ2) is 6.49. The molecule has 28 heavy (non-hydrogen) atoms. The standard InChI is InChI=1S/C22H17FN2O3/c1-11-18(24-12(2)19(11)22(27)28)10-16-20-15(13-5-3-6-14(23)9-13)7-4-8-17(20)25-21(16)26/h3-10,24H,1-2H3,(H,25,26)(H,27,28). The molecule has 3 aromatic rings. The zero-order chi connectivity index (χ0) is 20.0. The Bertz CT molecular complexity index is 1170. The monoisotopic (exact) mass is 376 g/mol. The summed E-state index contributed by atoms with van der Waals surface area (Å²) in [5.74, 6) is -1.67. The zero-order valence-corrected chi connectivity index (χ0v) is 15.3. The lowest BCUT2D eigenvalue weighted by Crippen LogP contribution is -2.03. The highest BCUT2D eigenvalue weighted by molar-refractivity contribution is 6.36. The number of aromatic nitrogens is 1. The molecular weight excluding hydrogens is 359 g/mol. The number of nitrogens with one attached hydrogen (secondary N) is 2. The molecular formula is C22H17FN2O3. The Labute approximate surface area is 160 Å². The lowest BCUT2D eigenvalue weighted by molar-refractivity contribution is -0.110. The molecule has 2 heterocycles. The minimum absolute atomic E-state index is 0.198. The average Bonchev–Trinajstić information content (AvgIpc) is 3.11. The third-order valence-electron chi connectivity index (χ3n) is 4.94. The summed E-state index contributed by atoms with van der Waals surface area (Å²) in [6.45, 7) is 3.38. The van der Waals surface area contributed by atoms with E-state index in [1.807, 2.05) is 6.07 Å². The number of H-pyrrole nitrogens is 1. The average molecular weight is 376 g/mol. The number of hydrogen-bond donors (Lipinski definition) is 3. The van der Waals surface area contributed by atoms with Gasteiger partial charge in [-0.1, -0.05) is 24.3 Å². The number of aromatic carboxylic acids is 1. The van der Waals surface area contributed by atoms with Crippen LogP contribution in [0, 0.1) is 19.7 Å². The van der Waals surface area contributed by atoms with E-state index >= 15 is 0 Å². The minimum atomic E-state index is -1.02. The maximum atomic E-state index is 13.7. The van der Waals surface area contributed by atoms with E-state index in [9.17, 15) is 19.1 Å². The van der Waals surface area contributed by atoms with Gasteiger partial charge in [-0.3, -0.25) is 4.79 Å². The van der Waals surface area contributed by atoms with Crippen LogP contribution in [0.2, 0.25) is 0 Å². The maximum Gasteiger partial charge on any atom is 0.337 e. The van der Waals surface area contributed by atoms with Crippen molar-refractivity contribution in [2.45, 2.75) is 13.8 Å². The minimum Gasteiger partial charge on any atom is -0.478 e. The summed E-state index contributed by atoms with van der Waals surface area (Å²) in [6.07, 6.45) is 1.65. The summed E-state index contributed by atoms with van der Waals surface area (Å²) in [5.41, 5.74) is 4.92. The number of halogens is 1. The molecule has 1 aliphatic heterocycles. The first kappa shape index (κ1) is 17.7. The van der Waals surface area contributed by atoms with Crippen LogP contribution < -0.4 is 5.32 Å². The van der Waals surface area contributed by atoms with Gasteiger partial charge in [0.05, 0.1) is 11.1 Å². The SMILES string of the molecule is Cc1[nH]c(C=C2C(=O)Nc3cccc(-c4cccc(F)c4)c32)c(C)c1C(=O)O. The predicted octanol–water partition coefficient (Wildman–Crippen LogP) is 4.63. The van der Waals surface area contributed by atoms with Crippen molar-refractivity contribution in [2.24, 2.45) is 0 Å². The zero-order valence-electron chi connectivity index (χ0n) is 15.3. The molecule has 4 rings (SSSR count). The molecule has 6 heteroatoms. The number of rotatable bonds is 3. The number of carbonyl (C=O) groups is 2. The van der Waals surface area contributed by atoms with Gasteiger partial charge in [0.1, 0.15) is 5.82 Å². The van der Waals surface area contributed by atoms with Gasteiger partial charge in [0.25, 0.3) is 5.91 Å². The van der Waals surface area contributed by atoms with Crippen LogP contribution in [0.3, 0.4) is 0 Å². The van der Waals surface area contributed by atoms with Gasteiger partial charge in [-0.2, -0.15) is 0 Å². The molecule has 0 fully saturated rings. The predicted molar refractivity (Wildman–Crippen MR) is 106 cm³/mol. The van der Waals surface area contributed by atoms with Crippen LogP contribution in [0.15, 0.2) is 42.5 Å². The first-order valence-corrected chi connectivity index (χ1v) is 8.71. The molecule has 0 saturated carbocycles. The Kier molecular flexibility index (Phi) is 4.11. The number of carboxylic acid groups (broad SMARTS) is 1. The van der Waals surface area contributed by atoms with Crippen molar-refractivity contribution in [3.05, 3.63) is 76.4 Å². The summed E-state index contributed by atoms with van der Waals surface area (Å²) in [7, 11) is 0. The van der Waals surface area contributed by atoms with Crippen molar-refractivity contribution in [1.82, 2.24) is 4.98 Å². The Morgan fingerprint density at radius 3 is 2.57 bits per heavy atom. The molecule has 1 amide bonds. The third-order valence-corrected chi connectivity index (χ3v) is 4.94. The number of aryl methyl sites for hydroxylation is 1. The molecule has 0 spiro atoms. The van der Waals surface area contributed by atoms with Gasteiger partial charge in [0.2, 0.25) is 0 Å². The van der Waals surface area contributed by atoms with Gasteiger partial charge >= 0.3 is 5.97 Å². The number of aromatic amines is 1. The highest BCUT2D eigenvalue weighted by Gasteiger charge is 2.28. The summed E-state index contributed by atoms with van der Waals surface area (Å²) in [6, 6.07) is 11.6. The molecule has 0 saturated heterocycles. The molecule has 0 unspecified atom stereocenters. The van der Waals surface area contributed by atoms with Crippen LogP contribution in [-0.4, -0.2) is 22.0 Å². The lowest BCUT2D eigenvalue weighted by atomic mass is 9.94. The van der Waals surface area contributed by atoms with Crippen molar-refractivity contribution in [1.29, 1.82) is 0 Å². The van der Waals surface area contributed by atoms with Crippen LogP contribution in [0.25, 0.3) is 22.8 Å². The number of amides is 1. The molecule has 1 aromatic heterocycles. The molecule has 0 atom stereocenters. The summed E-state index contributed by atoms with van der Waals surface area (Å²) < 4.78 is 13.7. The second-order valence-corrected chi connectivity index (χ2v) is 6.72. The third kappa shape index (κ3) is 2.79. The molecule has 1 aliphatic rings. The van der Waals surface area contributed by atoms with Gasteiger partial charge in [0.15, 0.2) is 0 Å². The topological polar surface area (TPSA) is 82.2 Å². The first-order chi connectivity index (χ1) is 13.4. The van der Waals surface area contributed by atoms with Crippen molar-refractivity contribution >= 4 is 29.2 Å². The van der Waals surface area contributed by atoms with E-state index in [1.165, 1.54) is 12.1 Å². The van der Waals surface area contributed by atoms with Crippen molar-refractivity contribution in [3.63, 3.8) is 0 Å². The fourth-order valence-corrected chi connectivity index (χ4v) is 3.67. The molecule has 2 aromatic carbocycles. The molecule has 3 N–H and O–H groups in total. The molecule has 140 valence electrons. The highest BCUT2D eigenvalue weighted by atomic mass is 19.1. The molecule has 5 nitrogen and oxygen atoms in total. The number of fused-ring (bicyclic) bond motifs is 1. The summed E-state index contributed by atoms with van der Waals surface area (Å²) >= 11 is 0. The van der Waals surface area contributed by atoms with E-state index in [4.69, 9.17) is 0 Å². The Balaban J connectivity index is 1.92. The van der Waals surface area contributed by atoms with Crippen molar-refractivity contribution in [2.75, 3.05) is 5.32 Å². The van der Waals surface area contributed by atoms with Gasteiger partial charge in [-0.25, -0.2) is 9.18 Å². The van der Waals surface area contributed by atoms with E-state index in [-0.39, 0.29) is 17.3 Å². The Morgan fingerprint density at radius 2 is 1.89 bits per heavy atom. The fraction of sp³-hybridized carbons (Fsp3) is 0.0909. The number of carbonyl (C=O) groups excluding carboxylic acids is 1. The van der Waals surface area contributed by atoms with Gasteiger partial charge in [-0.15, -0.1) is 0 Å². The van der Waals surface area contributed by atoms with Gasteiger partial charge < -0.3 is 15.4 Å². The van der Waals surface area contributed by atoms with E-state index in [2.05, 4.69) is 10.3 Å². The molecule has 0 bridgehead atoms. The molecule has 0 radical (unpaired) electrons. The number of anilines is 1. The van der Waals surface area contributed by atoms with Crippen LogP contribution in [0.4, 0.5) is 10.1 Å². The second-order valence-electron chi connectivity index (χ2n) is 6.72. The van der Waals surface area contributed by atoms with Crippen LogP contribution >= 0.6 is 0 Å². The van der Waals surface area contributed by atoms with Crippen LogP contribution in [0.5, 0.6) is 0 Å². The summed E-state index contributed by atoms with van der Waals surface area (Å²) in [5, 5.41) is 12.2. The van der Waals surface area contributed by atoms with E-state index in [0.717, 1.165) is 5.56 Å². The first-order valence-electron chi connectivity index (χ1n) is 8.71. The van der Waals surface area contributed by atoms with Crippen LogP contribution in [-0.2, 0) is 4.79 Å². The Morgan fingerprint density at radius 1 is 1.14 bits per heavy atom. The Hall–Kier alpha value is -3.67. The normalized spacial score (nSPS) is 14.2. The van der Waals surface area contributed by atoms with Gasteiger partial charge in [0, 0.05) is 22.6 Å². The van der Waals surface area contributed by atoms with Gasteiger partial charge in [-0.05, 0) is 54.8 Å². The van der Waals surface area contributed by atoms with Crippen molar-refractivity contribution < 1.29 is 19.1 Å². The molecule has 0 aliphatic carbocycles. The van der Waals surface area contributed by atoms with E-state index in [1.54, 1.807) is 44.2 Å². The number of hydrogen-bond acceptors (Lipinski definition) is 2. The summed E-state index contributed by atoms with van der Waals surface area (Å²) in [4.78, 5) is 27.2. The number of carboxylic acids is 1. The lowest BCUT2D eigenvalue weighted by Gasteiger charge is -2.09. The maximum absolute atomic E-state index is 13.7. The highest BCUT2D eigenvalue weighted by Crippen LogP contribution is 2.40. The van der Waals surface area contributed by atoms with E-state index < -0.39 is 5.97 Å². The van der Waals surface area contributed by atoms with Crippen molar-refractivity contribution in [3.8, 4) is 11.1 Å². The number of benzene rings is 2. The largest absolute Gasteiger partial charge is 0.478 e. The van der Waals surface area contributed by atoms with E-state index in [0.29, 0.717) is 39.3 Å². The van der Waals surface area contributed by atoms with Crippen LogP contribution in [0.1, 0.15) is 32.9 Å².